The molecule has 0 heterocycles. The van der Waals surface area contributed by atoms with E-state index < -0.39 is 0 Å². The zero-order chi connectivity index (χ0) is 39.8. The number of nitrogens with zero attached hydrogens (tertiary/aromatic N) is 2. The Morgan fingerprint density at radius 1 is 0.328 bits per heavy atom. The van der Waals surface area contributed by atoms with Gasteiger partial charge in [-0.15, -0.1) is 0 Å². The SMILES string of the molecule is Cc1ccc(N(C=C(c2ccccc2)c2ccccc2)c2ccc(-c3ccc(N(C=C(c4ccccc4)c4ccccc4)c4ccc(C)cc4)c(C)c3)cc2C)cc1. The van der Waals surface area contributed by atoms with Crippen molar-refractivity contribution < 1.29 is 0 Å². The van der Waals surface area contributed by atoms with Crippen LogP contribution in [0.4, 0.5) is 22.7 Å². The Morgan fingerprint density at radius 3 is 0.897 bits per heavy atom. The molecule has 0 saturated carbocycles. The molecule has 58 heavy (non-hydrogen) atoms. The summed E-state index contributed by atoms with van der Waals surface area (Å²) in [5.74, 6) is 0. The Balaban J connectivity index is 1.20. The number of benzene rings is 8. The normalized spacial score (nSPS) is 10.8. The number of aryl methyl sites for hydroxylation is 4. The maximum Gasteiger partial charge on any atom is 0.0485 e. The molecule has 0 N–H and O–H groups in total. The van der Waals surface area contributed by atoms with E-state index in [1.165, 1.54) is 55.6 Å². The lowest BCUT2D eigenvalue weighted by Gasteiger charge is -2.26. The summed E-state index contributed by atoms with van der Waals surface area (Å²) in [5, 5.41) is 0. The summed E-state index contributed by atoms with van der Waals surface area (Å²) in [4.78, 5) is 4.68. The summed E-state index contributed by atoms with van der Waals surface area (Å²) in [6.07, 6.45) is 4.59. The Morgan fingerprint density at radius 2 is 0.621 bits per heavy atom. The van der Waals surface area contributed by atoms with Crippen LogP contribution in [0.2, 0.25) is 0 Å². The van der Waals surface area contributed by atoms with Gasteiger partial charge in [-0.25, -0.2) is 0 Å². The summed E-state index contributed by atoms with van der Waals surface area (Å²) < 4.78 is 0. The van der Waals surface area contributed by atoms with E-state index >= 15 is 0 Å². The van der Waals surface area contributed by atoms with Crippen LogP contribution in [0.25, 0.3) is 22.3 Å². The first-order chi connectivity index (χ1) is 28.4. The van der Waals surface area contributed by atoms with Crippen molar-refractivity contribution in [3.8, 4) is 11.1 Å². The zero-order valence-corrected chi connectivity index (χ0v) is 33.7. The lowest BCUT2D eigenvalue weighted by atomic mass is 9.97. The largest absolute Gasteiger partial charge is 0.316 e. The smallest absolute Gasteiger partial charge is 0.0485 e. The third kappa shape index (κ3) is 8.48. The number of hydrogen-bond donors (Lipinski definition) is 0. The van der Waals surface area contributed by atoms with Gasteiger partial charge in [0.05, 0.1) is 0 Å². The van der Waals surface area contributed by atoms with E-state index in [1.54, 1.807) is 0 Å². The Labute approximate surface area is 344 Å². The quantitative estimate of drug-likeness (QED) is 0.130. The maximum absolute atomic E-state index is 2.34. The van der Waals surface area contributed by atoms with E-state index in [9.17, 15) is 0 Å². The van der Waals surface area contributed by atoms with E-state index in [0.717, 1.165) is 33.9 Å². The van der Waals surface area contributed by atoms with Crippen LogP contribution < -0.4 is 9.80 Å². The topological polar surface area (TPSA) is 6.48 Å². The van der Waals surface area contributed by atoms with Crippen molar-refractivity contribution in [2.75, 3.05) is 9.80 Å². The molecule has 2 heteroatoms. The van der Waals surface area contributed by atoms with E-state index in [-0.39, 0.29) is 0 Å². The van der Waals surface area contributed by atoms with Crippen LogP contribution in [0.5, 0.6) is 0 Å². The molecule has 282 valence electrons. The zero-order valence-electron chi connectivity index (χ0n) is 33.7. The predicted octanol–water partition coefficient (Wildman–Crippen LogP) is 15.0. The predicted molar refractivity (Wildman–Crippen MR) is 248 cm³/mol. The van der Waals surface area contributed by atoms with E-state index in [4.69, 9.17) is 0 Å². The minimum atomic E-state index is 1.11. The maximum atomic E-state index is 2.34. The van der Waals surface area contributed by atoms with Crippen molar-refractivity contribution >= 4 is 33.9 Å². The first-order valence-corrected chi connectivity index (χ1v) is 20.0. The van der Waals surface area contributed by atoms with Crippen LogP contribution in [0, 0.1) is 27.7 Å². The summed E-state index contributed by atoms with van der Waals surface area (Å²) >= 11 is 0. The summed E-state index contributed by atoms with van der Waals surface area (Å²) in [6.45, 7) is 8.72. The van der Waals surface area contributed by atoms with E-state index in [1.807, 2.05) is 0 Å². The second kappa shape index (κ2) is 17.3. The van der Waals surface area contributed by atoms with Gasteiger partial charge in [-0.2, -0.15) is 0 Å². The van der Waals surface area contributed by atoms with Gasteiger partial charge in [0.15, 0.2) is 0 Å². The molecule has 8 aromatic carbocycles. The molecule has 8 rings (SSSR count). The van der Waals surface area contributed by atoms with E-state index in [0.29, 0.717) is 0 Å². The molecule has 0 aromatic heterocycles. The van der Waals surface area contributed by atoms with Crippen molar-refractivity contribution in [2.45, 2.75) is 27.7 Å². The van der Waals surface area contributed by atoms with Crippen LogP contribution in [-0.2, 0) is 0 Å². The second-order valence-electron chi connectivity index (χ2n) is 15.0. The minimum absolute atomic E-state index is 1.11. The Kier molecular flexibility index (Phi) is 11.3. The molecule has 8 aromatic rings. The second-order valence-corrected chi connectivity index (χ2v) is 15.0. The van der Waals surface area contributed by atoms with Gasteiger partial charge in [0.25, 0.3) is 0 Å². The van der Waals surface area contributed by atoms with Gasteiger partial charge in [-0.05, 0) is 121 Å². The number of hydrogen-bond acceptors (Lipinski definition) is 2. The average Bonchev–Trinajstić information content (AvgIpc) is 3.27. The van der Waals surface area contributed by atoms with Crippen LogP contribution in [0.1, 0.15) is 44.5 Å². The van der Waals surface area contributed by atoms with Gasteiger partial charge in [0.2, 0.25) is 0 Å². The molecule has 0 bridgehead atoms. The third-order valence-electron chi connectivity index (χ3n) is 10.7. The molecule has 0 radical (unpaired) electrons. The number of anilines is 4. The molecule has 0 amide bonds. The number of rotatable bonds is 11. The van der Waals surface area contributed by atoms with Crippen LogP contribution in [0.3, 0.4) is 0 Å². The molecule has 0 saturated heterocycles. The summed E-state index contributed by atoms with van der Waals surface area (Å²) in [6, 6.07) is 74.0. The first-order valence-electron chi connectivity index (χ1n) is 20.0. The minimum Gasteiger partial charge on any atom is -0.316 e. The highest BCUT2D eigenvalue weighted by molar-refractivity contribution is 5.87. The fraction of sp³-hybridized carbons (Fsp3) is 0.0714. The lowest BCUT2D eigenvalue weighted by Crippen LogP contribution is -2.12. The third-order valence-corrected chi connectivity index (χ3v) is 10.7. The molecule has 0 unspecified atom stereocenters. The van der Waals surface area contributed by atoms with Crippen LogP contribution in [0.15, 0.2) is 219 Å². The fourth-order valence-corrected chi connectivity index (χ4v) is 7.55. The van der Waals surface area contributed by atoms with E-state index in [2.05, 4.69) is 256 Å². The summed E-state index contributed by atoms with van der Waals surface area (Å²) in [7, 11) is 0. The molecular formula is C56H48N2. The van der Waals surface area contributed by atoms with Gasteiger partial charge >= 0.3 is 0 Å². The highest BCUT2D eigenvalue weighted by Crippen LogP contribution is 2.38. The highest BCUT2D eigenvalue weighted by atomic mass is 15.1. The van der Waals surface area contributed by atoms with Crippen molar-refractivity contribution in [2.24, 2.45) is 0 Å². The standard InChI is InChI=1S/C56H48N2/c1-41-25-31-51(32-26-41)57(39-53(45-17-9-5-10-18-45)46-19-11-6-12-20-46)55-35-29-49(37-43(55)3)50-30-36-56(44(4)38-50)58(52-33-27-42(2)28-34-52)40-54(47-21-13-7-14-22-47)48-23-15-8-16-24-48/h5-40H,1-4H3. The molecule has 0 aliphatic rings. The van der Waals surface area contributed by atoms with Crippen LogP contribution in [-0.4, -0.2) is 0 Å². The molecular weight excluding hydrogens is 701 g/mol. The van der Waals surface area contributed by atoms with Gasteiger partial charge < -0.3 is 9.80 Å². The van der Waals surface area contributed by atoms with Crippen molar-refractivity contribution in [1.29, 1.82) is 0 Å². The van der Waals surface area contributed by atoms with Gasteiger partial charge in [0.1, 0.15) is 0 Å². The molecule has 0 spiro atoms. The van der Waals surface area contributed by atoms with Gasteiger partial charge in [-0.1, -0.05) is 169 Å². The average molecular weight is 749 g/mol. The van der Waals surface area contributed by atoms with Crippen molar-refractivity contribution in [3.63, 3.8) is 0 Å². The molecule has 0 atom stereocenters. The molecule has 0 fully saturated rings. The monoisotopic (exact) mass is 748 g/mol. The van der Waals surface area contributed by atoms with Gasteiger partial charge in [0, 0.05) is 46.3 Å². The Bertz CT molecular complexity index is 2390. The lowest BCUT2D eigenvalue weighted by molar-refractivity contribution is 1.23. The molecule has 0 aliphatic carbocycles. The molecule has 0 aliphatic heterocycles. The summed E-state index contributed by atoms with van der Waals surface area (Å²) in [5.41, 5.74) is 18.7. The first kappa shape index (κ1) is 37.7. The van der Waals surface area contributed by atoms with Crippen molar-refractivity contribution in [3.05, 3.63) is 263 Å². The van der Waals surface area contributed by atoms with Crippen LogP contribution >= 0.6 is 0 Å². The molecule has 2 nitrogen and oxygen atoms in total. The van der Waals surface area contributed by atoms with Gasteiger partial charge in [-0.3, -0.25) is 0 Å². The fourth-order valence-electron chi connectivity index (χ4n) is 7.55. The highest BCUT2D eigenvalue weighted by Gasteiger charge is 2.17. The van der Waals surface area contributed by atoms with Crippen molar-refractivity contribution in [1.82, 2.24) is 0 Å². The Hall–Kier alpha value is -7.16.